The fraction of sp³-hybridized carbons (Fsp3) is 0.0800. The van der Waals surface area contributed by atoms with E-state index in [9.17, 15) is 14.3 Å². The van der Waals surface area contributed by atoms with Crippen molar-refractivity contribution in [3.8, 4) is 22.7 Å². The van der Waals surface area contributed by atoms with Crippen molar-refractivity contribution in [2.75, 3.05) is 0 Å². The van der Waals surface area contributed by atoms with Crippen LogP contribution >= 0.6 is 11.6 Å². The van der Waals surface area contributed by atoms with Gasteiger partial charge in [-0.2, -0.15) is 0 Å². The molecule has 0 unspecified atom stereocenters. The second-order valence-electron chi connectivity index (χ2n) is 7.08. The number of aromatic carboxylic acids is 1. The van der Waals surface area contributed by atoms with Crippen LogP contribution in [0, 0.1) is 12.7 Å². The molecule has 4 nitrogen and oxygen atoms in total. The number of benzene rings is 3. The van der Waals surface area contributed by atoms with Gasteiger partial charge in [0.2, 0.25) is 0 Å². The van der Waals surface area contributed by atoms with Crippen molar-refractivity contribution < 1.29 is 19.0 Å². The summed E-state index contributed by atoms with van der Waals surface area (Å²) < 4.78 is 22.5. The SMILES string of the molecule is Cc1ccc(-c2cc(Cl)ccc2OCc2ccccc2)n1-c1cc(C(=O)O)ccc1F. The van der Waals surface area contributed by atoms with Crippen molar-refractivity contribution in [3.63, 3.8) is 0 Å². The van der Waals surface area contributed by atoms with Gasteiger partial charge in [-0.15, -0.1) is 0 Å². The van der Waals surface area contributed by atoms with E-state index in [1.54, 1.807) is 22.8 Å². The zero-order valence-corrected chi connectivity index (χ0v) is 17.4. The van der Waals surface area contributed by atoms with E-state index in [0.29, 0.717) is 28.6 Å². The Labute approximate surface area is 184 Å². The number of carbonyl (C=O) groups is 1. The predicted octanol–water partition coefficient (Wildman–Crippen LogP) is 6.52. The average molecular weight is 436 g/mol. The third-order valence-corrected chi connectivity index (χ3v) is 5.20. The van der Waals surface area contributed by atoms with Gasteiger partial charge in [0, 0.05) is 16.3 Å². The van der Waals surface area contributed by atoms with Crippen LogP contribution in [0.3, 0.4) is 0 Å². The van der Waals surface area contributed by atoms with Crippen LogP contribution < -0.4 is 4.74 Å². The molecule has 1 N–H and O–H groups in total. The molecule has 31 heavy (non-hydrogen) atoms. The van der Waals surface area contributed by atoms with E-state index in [1.807, 2.05) is 49.4 Å². The van der Waals surface area contributed by atoms with Gasteiger partial charge in [0.25, 0.3) is 0 Å². The van der Waals surface area contributed by atoms with Crippen LogP contribution in [0.15, 0.2) is 78.9 Å². The summed E-state index contributed by atoms with van der Waals surface area (Å²) in [5.74, 6) is -1.07. The number of hydrogen-bond donors (Lipinski definition) is 1. The largest absolute Gasteiger partial charge is 0.488 e. The van der Waals surface area contributed by atoms with Crippen molar-refractivity contribution in [2.45, 2.75) is 13.5 Å². The molecule has 0 spiro atoms. The summed E-state index contributed by atoms with van der Waals surface area (Å²) in [6.45, 7) is 2.18. The van der Waals surface area contributed by atoms with Crippen LogP contribution in [-0.4, -0.2) is 15.6 Å². The molecule has 0 aliphatic carbocycles. The van der Waals surface area contributed by atoms with E-state index in [0.717, 1.165) is 17.3 Å². The third kappa shape index (κ3) is 4.32. The van der Waals surface area contributed by atoms with Gasteiger partial charge >= 0.3 is 5.97 Å². The fourth-order valence-corrected chi connectivity index (χ4v) is 3.62. The molecule has 0 saturated heterocycles. The minimum atomic E-state index is -1.12. The van der Waals surface area contributed by atoms with Crippen LogP contribution in [0.2, 0.25) is 5.02 Å². The molecular formula is C25H19ClFNO3. The maximum absolute atomic E-state index is 14.8. The van der Waals surface area contributed by atoms with Crippen LogP contribution in [0.4, 0.5) is 4.39 Å². The predicted molar refractivity (Wildman–Crippen MR) is 119 cm³/mol. The molecule has 4 aromatic rings. The zero-order chi connectivity index (χ0) is 22.0. The van der Waals surface area contributed by atoms with E-state index in [1.165, 1.54) is 12.1 Å². The lowest BCUT2D eigenvalue weighted by Gasteiger charge is -2.17. The summed E-state index contributed by atoms with van der Waals surface area (Å²) in [6.07, 6.45) is 0. The van der Waals surface area contributed by atoms with Gasteiger partial charge in [0.15, 0.2) is 0 Å². The van der Waals surface area contributed by atoms with Gasteiger partial charge in [-0.25, -0.2) is 9.18 Å². The molecule has 0 bridgehead atoms. The van der Waals surface area contributed by atoms with E-state index >= 15 is 0 Å². The number of nitrogens with zero attached hydrogens (tertiary/aromatic N) is 1. The van der Waals surface area contributed by atoms with Gasteiger partial charge in [-0.05, 0) is 61.0 Å². The Bertz CT molecular complexity index is 1250. The van der Waals surface area contributed by atoms with Crippen LogP contribution in [-0.2, 0) is 6.61 Å². The number of carboxylic acids is 1. The normalized spacial score (nSPS) is 10.8. The van der Waals surface area contributed by atoms with Gasteiger partial charge in [0.05, 0.1) is 16.9 Å². The standard InChI is InChI=1S/C25H19ClFNO3/c1-16-7-11-22(28(16)23-13-18(25(29)30)8-10-21(23)27)20-14-19(26)9-12-24(20)31-15-17-5-3-2-4-6-17/h2-14H,15H2,1H3,(H,29,30). The van der Waals surface area contributed by atoms with Crippen LogP contribution in [0.5, 0.6) is 5.75 Å². The average Bonchev–Trinajstić information content (AvgIpc) is 3.14. The van der Waals surface area contributed by atoms with Gasteiger partial charge in [-0.1, -0.05) is 41.9 Å². The number of rotatable bonds is 6. The first-order chi connectivity index (χ1) is 14.9. The lowest BCUT2D eigenvalue weighted by Crippen LogP contribution is -2.06. The molecule has 4 rings (SSSR count). The van der Waals surface area contributed by atoms with Crippen LogP contribution in [0.25, 0.3) is 16.9 Å². The number of halogens is 2. The molecule has 0 aliphatic rings. The number of carboxylic acid groups (broad SMARTS) is 1. The monoisotopic (exact) mass is 435 g/mol. The maximum Gasteiger partial charge on any atom is 0.335 e. The highest BCUT2D eigenvalue weighted by atomic mass is 35.5. The lowest BCUT2D eigenvalue weighted by molar-refractivity contribution is 0.0697. The summed E-state index contributed by atoms with van der Waals surface area (Å²) in [7, 11) is 0. The first-order valence-electron chi connectivity index (χ1n) is 9.62. The Hall–Kier alpha value is -3.57. The highest BCUT2D eigenvalue weighted by Crippen LogP contribution is 2.36. The van der Waals surface area contributed by atoms with Crippen molar-refractivity contribution >= 4 is 17.6 Å². The Balaban J connectivity index is 1.81. The molecule has 0 atom stereocenters. The van der Waals surface area contributed by atoms with E-state index in [4.69, 9.17) is 16.3 Å². The minimum Gasteiger partial charge on any atom is -0.488 e. The fourth-order valence-electron chi connectivity index (χ4n) is 3.45. The Morgan fingerprint density at radius 1 is 1.03 bits per heavy atom. The van der Waals surface area contributed by atoms with Crippen molar-refractivity contribution in [3.05, 3.63) is 107 Å². The molecule has 0 radical (unpaired) electrons. The number of hydrogen-bond acceptors (Lipinski definition) is 2. The first kappa shape index (κ1) is 20.7. The molecular weight excluding hydrogens is 417 g/mol. The van der Waals surface area contributed by atoms with Crippen LogP contribution in [0.1, 0.15) is 21.6 Å². The highest BCUT2D eigenvalue weighted by Gasteiger charge is 2.18. The third-order valence-electron chi connectivity index (χ3n) is 4.96. The topological polar surface area (TPSA) is 51.5 Å². The number of aromatic nitrogens is 1. The number of aryl methyl sites for hydroxylation is 1. The molecule has 0 amide bonds. The van der Waals surface area contributed by atoms with Gasteiger partial charge < -0.3 is 14.4 Å². The molecule has 0 saturated carbocycles. The minimum absolute atomic E-state index is 0.00194. The first-order valence-corrected chi connectivity index (χ1v) is 10.00. The quantitative estimate of drug-likeness (QED) is 0.375. The molecule has 1 aromatic heterocycles. The Kier molecular flexibility index (Phi) is 5.78. The summed E-state index contributed by atoms with van der Waals surface area (Å²) >= 11 is 6.27. The number of ether oxygens (including phenoxy) is 1. The van der Waals surface area contributed by atoms with E-state index in [-0.39, 0.29) is 11.3 Å². The second kappa shape index (κ2) is 8.66. The summed E-state index contributed by atoms with van der Waals surface area (Å²) in [4.78, 5) is 11.4. The van der Waals surface area contributed by atoms with Crippen molar-refractivity contribution in [1.82, 2.24) is 4.57 Å². The zero-order valence-electron chi connectivity index (χ0n) is 16.7. The molecule has 156 valence electrons. The molecule has 0 aliphatic heterocycles. The Morgan fingerprint density at radius 2 is 1.81 bits per heavy atom. The highest BCUT2D eigenvalue weighted by molar-refractivity contribution is 6.31. The van der Waals surface area contributed by atoms with E-state index in [2.05, 4.69) is 0 Å². The maximum atomic E-state index is 14.8. The van der Waals surface area contributed by atoms with Crippen molar-refractivity contribution in [2.24, 2.45) is 0 Å². The molecule has 3 aromatic carbocycles. The summed E-state index contributed by atoms with van der Waals surface area (Å²) in [5, 5.41) is 9.85. The van der Waals surface area contributed by atoms with Gasteiger partial charge in [0.1, 0.15) is 18.2 Å². The van der Waals surface area contributed by atoms with E-state index < -0.39 is 11.8 Å². The van der Waals surface area contributed by atoms with Gasteiger partial charge in [-0.3, -0.25) is 0 Å². The molecule has 0 fully saturated rings. The molecule has 6 heteroatoms. The Morgan fingerprint density at radius 3 is 2.55 bits per heavy atom. The smallest absolute Gasteiger partial charge is 0.335 e. The lowest BCUT2D eigenvalue weighted by atomic mass is 10.1. The summed E-state index contributed by atoms with van der Waals surface area (Å²) in [5.41, 5.74) is 3.22. The second-order valence-corrected chi connectivity index (χ2v) is 7.52. The van der Waals surface area contributed by atoms with Crippen molar-refractivity contribution in [1.29, 1.82) is 0 Å². The summed E-state index contributed by atoms with van der Waals surface area (Å²) in [6, 6.07) is 22.4. The molecule has 1 heterocycles.